The largest absolute Gasteiger partial charge is 0.343 e. The van der Waals surface area contributed by atoms with Crippen LogP contribution in [-0.2, 0) is 16.8 Å². The van der Waals surface area contributed by atoms with Gasteiger partial charge in [-0.3, -0.25) is 9.59 Å². The van der Waals surface area contributed by atoms with E-state index in [1.807, 2.05) is 31.2 Å². The monoisotopic (exact) mass is 392 g/mol. The first kappa shape index (κ1) is 20.5. The number of carbonyl (C=O) groups excluding carboxylic acids is 2. The maximum absolute atomic E-state index is 12.4. The minimum atomic E-state index is -0.242. The third-order valence-electron chi connectivity index (χ3n) is 4.12. The average molecular weight is 393 g/mol. The molecule has 1 aromatic heterocycles. The highest BCUT2D eigenvalue weighted by Gasteiger charge is 2.16. The number of nitrogens with zero attached hydrogens (tertiary/aromatic N) is 1. The zero-order valence-electron chi connectivity index (χ0n) is 15.6. The molecule has 6 heteroatoms. The normalized spacial score (nSPS) is 11.3. The number of benzene rings is 1. The van der Waals surface area contributed by atoms with Gasteiger partial charge in [0.1, 0.15) is 0 Å². The van der Waals surface area contributed by atoms with Crippen LogP contribution in [0.5, 0.6) is 0 Å². The van der Waals surface area contributed by atoms with Crippen molar-refractivity contribution in [3.63, 3.8) is 0 Å². The molecule has 0 spiro atoms. The number of rotatable bonds is 6. The first-order valence-corrected chi connectivity index (χ1v) is 9.81. The van der Waals surface area contributed by atoms with Gasteiger partial charge in [0.2, 0.25) is 5.91 Å². The zero-order chi connectivity index (χ0) is 19.3. The molecule has 0 aliphatic rings. The summed E-state index contributed by atoms with van der Waals surface area (Å²) in [5, 5.41) is 2.71. The van der Waals surface area contributed by atoms with Gasteiger partial charge >= 0.3 is 0 Å². The van der Waals surface area contributed by atoms with Crippen LogP contribution in [0.3, 0.4) is 0 Å². The fourth-order valence-corrected chi connectivity index (χ4v) is 3.60. The third-order valence-corrected chi connectivity index (χ3v) is 5.34. The lowest BCUT2D eigenvalue weighted by molar-refractivity contribution is -0.130. The summed E-state index contributed by atoms with van der Waals surface area (Å²) in [6, 6.07) is 11.2. The summed E-state index contributed by atoms with van der Waals surface area (Å²) in [5.41, 5.74) is 1.76. The topological polar surface area (TPSA) is 49.4 Å². The first-order chi connectivity index (χ1) is 12.2. The summed E-state index contributed by atoms with van der Waals surface area (Å²) in [5.74, 6) is -0.356. The molecule has 0 bridgehead atoms. The quantitative estimate of drug-likeness (QED) is 0.788. The Morgan fingerprint density at radius 3 is 2.27 bits per heavy atom. The fourth-order valence-electron chi connectivity index (χ4n) is 2.49. The van der Waals surface area contributed by atoms with Gasteiger partial charge in [0.15, 0.2) is 0 Å². The van der Waals surface area contributed by atoms with Gasteiger partial charge in [-0.15, -0.1) is 11.3 Å². The summed E-state index contributed by atoms with van der Waals surface area (Å²) >= 11 is 7.39. The summed E-state index contributed by atoms with van der Waals surface area (Å²) in [4.78, 5) is 27.4. The molecular formula is C20H25ClN2O2S. The van der Waals surface area contributed by atoms with Crippen molar-refractivity contribution in [2.45, 2.75) is 39.7 Å². The number of hydrogen-bond donors (Lipinski definition) is 1. The van der Waals surface area contributed by atoms with E-state index in [1.165, 1.54) is 11.3 Å². The molecule has 0 radical (unpaired) electrons. The van der Waals surface area contributed by atoms with Crippen molar-refractivity contribution in [2.24, 2.45) is 0 Å². The van der Waals surface area contributed by atoms with Crippen LogP contribution in [0.4, 0.5) is 0 Å². The minimum Gasteiger partial charge on any atom is -0.343 e. The van der Waals surface area contributed by atoms with E-state index in [0.29, 0.717) is 23.0 Å². The van der Waals surface area contributed by atoms with Crippen LogP contribution >= 0.6 is 22.9 Å². The van der Waals surface area contributed by atoms with Crippen molar-refractivity contribution in [1.29, 1.82) is 0 Å². The van der Waals surface area contributed by atoms with Gasteiger partial charge in [-0.25, -0.2) is 0 Å². The predicted molar refractivity (Wildman–Crippen MR) is 108 cm³/mol. The van der Waals surface area contributed by atoms with Crippen LogP contribution in [0.2, 0.25) is 4.34 Å². The van der Waals surface area contributed by atoms with Crippen LogP contribution in [0, 0.1) is 0 Å². The number of likely N-dealkylation sites (N-methyl/N-ethyl adjacent to an activating group) is 1. The number of nitrogens with one attached hydrogen (secondary N) is 1. The van der Waals surface area contributed by atoms with Gasteiger partial charge < -0.3 is 10.2 Å². The molecule has 2 amide bonds. The highest BCUT2D eigenvalue weighted by Crippen LogP contribution is 2.23. The van der Waals surface area contributed by atoms with Crippen LogP contribution in [0.15, 0.2) is 36.4 Å². The SMILES string of the molecule is CCN(Cc1ccc(Cl)s1)C(=O)CNC(=O)c1ccc(C(C)(C)C)cc1. The van der Waals surface area contributed by atoms with E-state index in [1.54, 1.807) is 17.0 Å². The van der Waals surface area contributed by atoms with Gasteiger partial charge in [0, 0.05) is 17.0 Å². The van der Waals surface area contributed by atoms with Crippen molar-refractivity contribution in [3.05, 3.63) is 56.7 Å². The molecule has 140 valence electrons. The Morgan fingerprint density at radius 1 is 1.12 bits per heavy atom. The molecule has 0 aliphatic carbocycles. The Hall–Kier alpha value is -1.85. The second-order valence-corrected chi connectivity index (χ2v) is 8.92. The van der Waals surface area contributed by atoms with Gasteiger partial charge in [-0.05, 0) is 42.2 Å². The third kappa shape index (κ3) is 5.58. The first-order valence-electron chi connectivity index (χ1n) is 8.61. The van der Waals surface area contributed by atoms with Crippen LogP contribution in [0.1, 0.15) is 48.5 Å². The second-order valence-electron chi connectivity index (χ2n) is 7.12. The molecule has 0 unspecified atom stereocenters. The van der Waals surface area contributed by atoms with Crippen LogP contribution in [-0.4, -0.2) is 29.8 Å². The highest BCUT2D eigenvalue weighted by molar-refractivity contribution is 7.16. The van der Waals surface area contributed by atoms with E-state index in [-0.39, 0.29) is 23.8 Å². The van der Waals surface area contributed by atoms with Crippen molar-refractivity contribution in [1.82, 2.24) is 10.2 Å². The van der Waals surface area contributed by atoms with Crippen molar-refractivity contribution >= 4 is 34.8 Å². The minimum absolute atomic E-state index is 0.0210. The Balaban J connectivity index is 1.91. The number of halogens is 1. The maximum atomic E-state index is 12.4. The van der Waals surface area contributed by atoms with Crippen LogP contribution < -0.4 is 5.32 Å². The van der Waals surface area contributed by atoms with Crippen molar-refractivity contribution in [3.8, 4) is 0 Å². The molecule has 0 saturated carbocycles. The molecule has 1 N–H and O–H groups in total. The molecule has 2 aromatic rings. The number of carbonyl (C=O) groups is 2. The summed E-state index contributed by atoms with van der Waals surface area (Å²) in [7, 11) is 0. The summed E-state index contributed by atoms with van der Waals surface area (Å²) < 4.78 is 0.704. The molecule has 0 fully saturated rings. The standard InChI is InChI=1S/C20H25ClN2O2S/c1-5-23(13-16-10-11-17(21)26-16)18(24)12-22-19(25)14-6-8-15(9-7-14)20(2,3)4/h6-11H,5,12-13H2,1-4H3,(H,22,25). The Morgan fingerprint density at radius 2 is 1.77 bits per heavy atom. The number of thiophene rings is 1. The van der Waals surface area contributed by atoms with Gasteiger partial charge in [-0.1, -0.05) is 44.5 Å². The lowest BCUT2D eigenvalue weighted by atomic mass is 9.87. The molecule has 4 nitrogen and oxygen atoms in total. The Kier molecular flexibility index (Phi) is 6.84. The number of amides is 2. The zero-order valence-corrected chi connectivity index (χ0v) is 17.2. The number of hydrogen-bond acceptors (Lipinski definition) is 3. The molecule has 26 heavy (non-hydrogen) atoms. The molecule has 1 heterocycles. The van der Waals surface area contributed by atoms with Crippen LogP contribution in [0.25, 0.3) is 0 Å². The van der Waals surface area contributed by atoms with Gasteiger partial charge in [-0.2, -0.15) is 0 Å². The molecule has 2 rings (SSSR count). The lowest BCUT2D eigenvalue weighted by Crippen LogP contribution is -2.39. The van der Waals surface area contributed by atoms with Gasteiger partial charge in [0.25, 0.3) is 5.91 Å². The molecule has 0 saturated heterocycles. The lowest BCUT2D eigenvalue weighted by Gasteiger charge is -2.21. The highest BCUT2D eigenvalue weighted by atomic mass is 35.5. The molecule has 0 atom stereocenters. The second kappa shape index (κ2) is 8.69. The average Bonchev–Trinajstić information content (AvgIpc) is 3.01. The van der Waals surface area contributed by atoms with E-state index >= 15 is 0 Å². The molecule has 0 aliphatic heterocycles. The van der Waals surface area contributed by atoms with Gasteiger partial charge in [0.05, 0.1) is 17.4 Å². The molecule has 1 aromatic carbocycles. The summed E-state index contributed by atoms with van der Waals surface area (Å²) in [6.45, 7) is 9.35. The fraction of sp³-hybridized carbons (Fsp3) is 0.400. The Bertz CT molecular complexity index is 763. The summed E-state index contributed by atoms with van der Waals surface area (Å²) in [6.07, 6.45) is 0. The molecular weight excluding hydrogens is 368 g/mol. The Labute approximate surface area is 164 Å². The maximum Gasteiger partial charge on any atom is 0.251 e. The smallest absolute Gasteiger partial charge is 0.251 e. The van der Waals surface area contributed by atoms with Crippen molar-refractivity contribution < 1.29 is 9.59 Å². The van der Waals surface area contributed by atoms with E-state index in [0.717, 1.165) is 10.4 Å². The van der Waals surface area contributed by atoms with E-state index < -0.39 is 0 Å². The van der Waals surface area contributed by atoms with E-state index in [9.17, 15) is 9.59 Å². The van der Waals surface area contributed by atoms with E-state index in [2.05, 4.69) is 26.1 Å². The predicted octanol–water partition coefficient (Wildman–Crippen LogP) is 4.48. The van der Waals surface area contributed by atoms with E-state index in [4.69, 9.17) is 11.6 Å². The van der Waals surface area contributed by atoms with Crippen molar-refractivity contribution in [2.75, 3.05) is 13.1 Å².